The van der Waals surface area contributed by atoms with Gasteiger partial charge in [-0.05, 0) is 35.4 Å². The largest absolute Gasteiger partial charge is 0.497 e. The number of ether oxygens (including phenoxy) is 1. The number of nitrogens with zero attached hydrogens (tertiary/aromatic N) is 2. The third-order valence-electron chi connectivity index (χ3n) is 3.67. The molecule has 2 N–H and O–H groups in total. The molecule has 0 atom stereocenters. The summed E-state index contributed by atoms with van der Waals surface area (Å²) in [6.07, 6.45) is 0. The van der Waals surface area contributed by atoms with Gasteiger partial charge in [0.2, 0.25) is 0 Å². The first-order valence-corrected chi connectivity index (χ1v) is 7.43. The molecular weight excluding hydrogens is 290 g/mol. The Morgan fingerprint density at radius 1 is 0.957 bits per heavy atom. The van der Waals surface area contributed by atoms with Crippen LogP contribution in [0.5, 0.6) is 5.75 Å². The molecule has 0 aliphatic carbocycles. The van der Waals surface area contributed by atoms with Crippen molar-refractivity contribution in [3.63, 3.8) is 0 Å². The molecule has 2 rings (SSSR count). The Bertz CT molecular complexity index is 636. The maximum Gasteiger partial charge on any atom is 0.315 e. The molecule has 2 aromatic carbocycles. The van der Waals surface area contributed by atoms with Crippen molar-refractivity contribution in [2.45, 2.75) is 13.1 Å². The lowest BCUT2D eigenvalue weighted by Gasteiger charge is -2.21. The molecule has 2 amide bonds. The molecular formula is C18H23N3O2. The summed E-state index contributed by atoms with van der Waals surface area (Å²) in [5, 5.41) is 0. The predicted octanol–water partition coefficient (Wildman–Crippen LogP) is 2.84. The van der Waals surface area contributed by atoms with Gasteiger partial charge in [0.1, 0.15) is 5.75 Å². The van der Waals surface area contributed by atoms with Crippen molar-refractivity contribution in [1.29, 1.82) is 0 Å². The zero-order chi connectivity index (χ0) is 16.8. The Balaban J connectivity index is 2.07. The molecule has 0 radical (unpaired) electrons. The van der Waals surface area contributed by atoms with Crippen molar-refractivity contribution in [2.75, 3.05) is 26.1 Å². The summed E-state index contributed by atoms with van der Waals surface area (Å²) in [5.41, 5.74) is 8.69. The van der Waals surface area contributed by atoms with E-state index in [4.69, 9.17) is 10.5 Å². The molecule has 0 spiro atoms. The van der Waals surface area contributed by atoms with E-state index in [1.807, 2.05) is 67.5 Å². The van der Waals surface area contributed by atoms with E-state index < -0.39 is 6.03 Å². The van der Waals surface area contributed by atoms with Crippen LogP contribution in [0.15, 0.2) is 48.5 Å². The van der Waals surface area contributed by atoms with Gasteiger partial charge in [-0.3, -0.25) is 0 Å². The number of rotatable bonds is 6. The minimum absolute atomic E-state index is 0.433. The van der Waals surface area contributed by atoms with Crippen molar-refractivity contribution in [3.05, 3.63) is 59.7 Å². The number of anilines is 1. The number of hydrogen-bond acceptors (Lipinski definition) is 3. The van der Waals surface area contributed by atoms with E-state index in [0.717, 1.165) is 22.6 Å². The number of methoxy groups -OCH3 is 1. The van der Waals surface area contributed by atoms with Crippen molar-refractivity contribution >= 4 is 11.7 Å². The first kappa shape index (κ1) is 16.7. The minimum atomic E-state index is -0.433. The molecule has 0 heterocycles. The van der Waals surface area contributed by atoms with Gasteiger partial charge in [-0.25, -0.2) is 4.79 Å². The maximum atomic E-state index is 11.7. The van der Waals surface area contributed by atoms with E-state index in [1.165, 1.54) is 0 Å². The number of hydrogen-bond donors (Lipinski definition) is 1. The van der Waals surface area contributed by atoms with Gasteiger partial charge in [0, 0.05) is 32.9 Å². The number of urea groups is 1. The number of carbonyl (C=O) groups excluding carboxylic acids is 1. The first-order chi connectivity index (χ1) is 11.0. The van der Waals surface area contributed by atoms with Gasteiger partial charge >= 0.3 is 6.03 Å². The second-order valence-corrected chi connectivity index (χ2v) is 5.60. The van der Waals surface area contributed by atoms with Crippen LogP contribution in [0, 0.1) is 0 Å². The summed E-state index contributed by atoms with van der Waals surface area (Å²) in [6, 6.07) is 15.3. The molecule has 5 heteroatoms. The molecule has 5 nitrogen and oxygen atoms in total. The molecule has 0 saturated heterocycles. The van der Waals surface area contributed by atoms with Crippen LogP contribution in [-0.2, 0) is 13.1 Å². The molecule has 0 aliphatic rings. The summed E-state index contributed by atoms with van der Waals surface area (Å²) in [7, 11) is 5.62. The third-order valence-corrected chi connectivity index (χ3v) is 3.67. The predicted molar refractivity (Wildman–Crippen MR) is 92.6 cm³/mol. The number of nitrogens with two attached hydrogens (primary N) is 1. The molecule has 0 saturated carbocycles. The molecule has 0 aliphatic heterocycles. The van der Waals surface area contributed by atoms with Crippen LogP contribution in [0.2, 0.25) is 0 Å². The Morgan fingerprint density at radius 2 is 1.43 bits per heavy atom. The molecule has 2 aromatic rings. The Kier molecular flexibility index (Phi) is 5.46. The lowest BCUT2D eigenvalue weighted by molar-refractivity contribution is 0.202. The summed E-state index contributed by atoms with van der Waals surface area (Å²) in [4.78, 5) is 15.4. The van der Waals surface area contributed by atoms with E-state index in [2.05, 4.69) is 0 Å². The highest BCUT2D eigenvalue weighted by molar-refractivity contribution is 5.72. The van der Waals surface area contributed by atoms with Gasteiger partial charge in [-0.1, -0.05) is 24.3 Å². The highest BCUT2D eigenvalue weighted by Gasteiger charge is 2.11. The maximum absolute atomic E-state index is 11.7. The van der Waals surface area contributed by atoms with E-state index in [1.54, 1.807) is 12.0 Å². The van der Waals surface area contributed by atoms with E-state index in [-0.39, 0.29) is 0 Å². The monoisotopic (exact) mass is 313 g/mol. The van der Waals surface area contributed by atoms with Gasteiger partial charge < -0.3 is 20.3 Å². The van der Waals surface area contributed by atoms with Crippen LogP contribution in [0.1, 0.15) is 11.1 Å². The summed E-state index contributed by atoms with van der Waals surface area (Å²) in [5.74, 6) is 0.790. The van der Waals surface area contributed by atoms with Crippen molar-refractivity contribution in [3.8, 4) is 5.75 Å². The standard InChI is InChI=1S/C18H23N3O2/c1-20(2)16-8-4-14(5-9-16)12-21(18(19)22)13-15-6-10-17(23-3)11-7-15/h4-11H,12-13H2,1-3H3,(H2,19,22). The highest BCUT2D eigenvalue weighted by atomic mass is 16.5. The van der Waals surface area contributed by atoms with Crippen LogP contribution < -0.4 is 15.4 Å². The quantitative estimate of drug-likeness (QED) is 0.892. The van der Waals surface area contributed by atoms with Crippen molar-refractivity contribution in [2.24, 2.45) is 5.73 Å². The molecule has 0 aromatic heterocycles. The highest BCUT2D eigenvalue weighted by Crippen LogP contribution is 2.16. The zero-order valence-corrected chi connectivity index (χ0v) is 13.8. The van der Waals surface area contributed by atoms with Crippen LogP contribution in [0.3, 0.4) is 0 Å². The minimum Gasteiger partial charge on any atom is -0.497 e. The molecule has 122 valence electrons. The number of benzene rings is 2. The van der Waals surface area contributed by atoms with Crippen LogP contribution in [-0.4, -0.2) is 32.1 Å². The first-order valence-electron chi connectivity index (χ1n) is 7.43. The van der Waals surface area contributed by atoms with Gasteiger partial charge in [0.05, 0.1) is 7.11 Å². The summed E-state index contributed by atoms with van der Waals surface area (Å²) < 4.78 is 5.14. The smallest absolute Gasteiger partial charge is 0.315 e. The number of carbonyl (C=O) groups is 1. The molecule has 0 bridgehead atoms. The van der Waals surface area contributed by atoms with Crippen LogP contribution >= 0.6 is 0 Å². The van der Waals surface area contributed by atoms with Gasteiger partial charge in [-0.2, -0.15) is 0 Å². The summed E-state index contributed by atoms with van der Waals surface area (Å²) >= 11 is 0. The second kappa shape index (κ2) is 7.54. The summed E-state index contributed by atoms with van der Waals surface area (Å²) in [6.45, 7) is 0.948. The van der Waals surface area contributed by atoms with Crippen molar-refractivity contribution in [1.82, 2.24) is 4.90 Å². The van der Waals surface area contributed by atoms with Gasteiger partial charge in [-0.15, -0.1) is 0 Å². The lowest BCUT2D eigenvalue weighted by atomic mass is 10.1. The fraction of sp³-hybridized carbons (Fsp3) is 0.278. The third kappa shape index (κ3) is 4.64. The van der Waals surface area contributed by atoms with Gasteiger partial charge in [0.15, 0.2) is 0 Å². The Hall–Kier alpha value is -2.69. The van der Waals surface area contributed by atoms with E-state index >= 15 is 0 Å². The van der Waals surface area contributed by atoms with E-state index in [9.17, 15) is 4.79 Å². The van der Waals surface area contributed by atoms with Crippen molar-refractivity contribution < 1.29 is 9.53 Å². The number of primary amides is 1. The van der Waals surface area contributed by atoms with Crippen LogP contribution in [0.25, 0.3) is 0 Å². The zero-order valence-electron chi connectivity index (χ0n) is 13.8. The van der Waals surface area contributed by atoms with Gasteiger partial charge in [0.25, 0.3) is 0 Å². The number of amides is 2. The molecule has 0 fully saturated rings. The topological polar surface area (TPSA) is 58.8 Å². The SMILES string of the molecule is COc1ccc(CN(Cc2ccc(N(C)C)cc2)C(N)=O)cc1. The fourth-order valence-corrected chi connectivity index (χ4v) is 2.28. The molecule has 0 unspecified atom stereocenters. The second-order valence-electron chi connectivity index (χ2n) is 5.60. The Labute approximate surface area is 137 Å². The van der Waals surface area contributed by atoms with E-state index in [0.29, 0.717) is 13.1 Å². The van der Waals surface area contributed by atoms with Crippen LogP contribution in [0.4, 0.5) is 10.5 Å². The fourth-order valence-electron chi connectivity index (χ4n) is 2.28. The molecule has 23 heavy (non-hydrogen) atoms. The normalized spacial score (nSPS) is 10.2. The average molecular weight is 313 g/mol. The lowest BCUT2D eigenvalue weighted by Crippen LogP contribution is -2.34. The average Bonchev–Trinajstić information content (AvgIpc) is 2.55. The Morgan fingerprint density at radius 3 is 1.83 bits per heavy atom.